The molecule has 1 aromatic carbocycles. The van der Waals surface area contributed by atoms with Crippen molar-refractivity contribution in [3.63, 3.8) is 0 Å². The van der Waals surface area contributed by atoms with Gasteiger partial charge in [-0.3, -0.25) is 10.1 Å². The molecule has 1 rings (SSSR count). The van der Waals surface area contributed by atoms with Gasteiger partial charge in [-0.05, 0) is 40.2 Å². The predicted octanol–water partition coefficient (Wildman–Crippen LogP) is 2.64. The van der Waals surface area contributed by atoms with E-state index in [1.807, 2.05) is 45.9 Å². The van der Waals surface area contributed by atoms with Gasteiger partial charge in [-0.15, -0.1) is 0 Å². The van der Waals surface area contributed by atoms with Crippen LogP contribution in [0.4, 0.5) is 0 Å². The van der Waals surface area contributed by atoms with Crippen LogP contribution in [0.5, 0.6) is 0 Å². The zero-order chi connectivity index (χ0) is 13.8. The van der Waals surface area contributed by atoms with Crippen LogP contribution in [0.25, 0.3) is 0 Å². The minimum absolute atomic E-state index is 0.0327. The number of carbonyl (C=O) groups is 1. The van der Waals surface area contributed by atoms with Crippen molar-refractivity contribution in [2.75, 3.05) is 0 Å². The van der Waals surface area contributed by atoms with Crippen molar-refractivity contribution in [1.82, 2.24) is 10.6 Å². The highest BCUT2D eigenvalue weighted by molar-refractivity contribution is 5.81. The van der Waals surface area contributed by atoms with Crippen LogP contribution < -0.4 is 10.6 Å². The van der Waals surface area contributed by atoms with Gasteiger partial charge < -0.3 is 5.32 Å². The van der Waals surface area contributed by atoms with Gasteiger partial charge in [0.05, 0.1) is 6.04 Å². The van der Waals surface area contributed by atoms with Crippen molar-refractivity contribution in [1.29, 1.82) is 0 Å². The van der Waals surface area contributed by atoms with Gasteiger partial charge in [-0.25, -0.2) is 0 Å². The molecule has 3 heteroatoms. The fourth-order valence-electron chi connectivity index (χ4n) is 1.77. The van der Waals surface area contributed by atoms with E-state index in [0.717, 1.165) is 0 Å². The Bertz CT molecular complexity index is 381. The number of hydrogen-bond acceptors (Lipinski definition) is 2. The molecule has 0 saturated carbocycles. The molecule has 3 nitrogen and oxygen atoms in total. The third kappa shape index (κ3) is 4.88. The largest absolute Gasteiger partial charge is 0.350 e. The highest BCUT2D eigenvalue weighted by Gasteiger charge is 2.20. The van der Waals surface area contributed by atoms with Crippen LogP contribution in [0.2, 0.25) is 0 Å². The van der Waals surface area contributed by atoms with Gasteiger partial charge in [0.2, 0.25) is 5.91 Å². The number of rotatable bonds is 4. The van der Waals surface area contributed by atoms with E-state index in [1.54, 1.807) is 0 Å². The molecular weight excluding hydrogens is 224 g/mol. The maximum atomic E-state index is 12.0. The molecule has 18 heavy (non-hydrogen) atoms. The quantitative estimate of drug-likeness (QED) is 0.860. The van der Waals surface area contributed by atoms with Crippen molar-refractivity contribution < 1.29 is 4.79 Å². The molecule has 0 aromatic heterocycles. The molecule has 0 radical (unpaired) electrons. The molecular formula is C15H24N2O. The van der Waals surface area contributed by atoms with E-state index in [1.165, 1.54) is 5.56 Å². The second-order valence-corrected chi connectivity index (χ2v) is 5.76. The third-order valence-corrected chi connectivity index (χ3v) is 2.69. The molecule has 0 spiro atoms. The minimum atomic E-state index is -0.209. The predicted molar refractivity (Wildman–Crippen MR) is 75.4 cm³/mol. The van der Waals surface area contributed by atoms with E-state index < -0.39 is 0 Å². The van der Waals surface area contributed by atoms with Gasteiger partial charge in [0, 0.05) is 11.6 Å². The summed E-state index contributed by atoms with van der Waals surface area (Å²) in [6.07, 6.45) is 0. The van der Waals surface area contributed by atoms with Crippen LogP contribution in [0, 0.1) is 0 Å². The summed E-state index contributed by atoms with van der Waals surface area (Å²) in [4.78, 5) is 12.0. The third-order valence-electron chi connectivity index (χ3n) is 2.69. The molecule has 0 bridgehead atoms. The number of hydrogen-bond donors (Lipinski definition) is 2. The van der Waals surface area contributed by atoms with Crippen LogP contribution in [0.15, 0.2) is 30.3 Å². The zero-order valence-corrected chi connectivity index (χ0v) is 11.9. The summed E-state index contributed by atoms with van der Waals surface area (Å²) in [5.41, 5.74) is 0.996. The lowest BCUT2D eigenvalue weighted by Gasteiger charge is -2.25. The SMILES string of the molecule is CC(N[C@H](C)c1ccccc1)C(=O)NC(C)(C)C. The van der Waals surface area contributed by atoms with Crippen LogP contribution in [0.3, 0.4) is 0 Å². The van der Waals surface area contributed by atoms with Crippen LogP contribution in [0.1, 0.15) is 46.2 Å². The first kappa shape index (κ1) is 14.7. The highest BCUT2D eigenvalue weighted by Crippen LogP contribution is 2.12. The van der Waals surface area contributed by atoms with E-state index in [4.69, 9.17) is 0 Å². The van der Waals surface area contributed by atoms with Gasteiger partial charge in [0.15, 0.2) is 0 Å². The van der Waals surface area contributed by atoms with Gasteiger partial charge in [0.1, 0.15) is 0 Å². The maximum absolute atomic E-state index is 12.0. The average molecular weight is 248 g/mol. The lowest BCUT2D eigenvalue weighted by atomic mass is 10.1. The molecule has 0 aliphatic carbocycles. The van der Waals surface area contributed by atoms with E-state index >= 15 is 0 Å². The Kier molecular flexibility index (Phi) is 4.91. The monoisotopic (exact) mass is 248 g/mol. The van der Waals surface area contributed by atoms with Gasteiger partial charge in [-0.1, -0.05) is 30.3 Å². The minimum Gasteiger partial charge on any atom is -0.350 e. The molecule has 0 saturated heterocycles. The first-order valence-electron chi connectivity index (χ1n) is 6.42. The van der Waals surface area contributed by atoms with Gasteiger partial charge in [0.25, 0.3) is 0 Å². The van der Waals surface area contributed by atoms with E-state index in [0.29, 0.717) is 0 Å². The highest BCUT2D eigenvalue weighted by atomic mass is 16.2. The van der Waals surface area contributed by atoms with Crippen molar-refractivity contribution in [2.45, 2.75) is 52.2 Å². The number of amides is 1. The normalized spacial score (nSPS) is 14.9. The number of carbonyl (C=O) groups excluding carboxylic acids is 1. The smallest absolute Gasteiger partial charge is 0.237 e. The molecule has 2 atom stereocenters. The Hall–Kier alpha value is -1.35. The van der Waals surface area contributed by atoms with E-state index in [2.05, 4.69) is 29.7 Å². The Morgan fingerprint density at radius 3 is 2.17 bits per heavy atom. The summed E-state index contributed by atoms with van der Waals surface area (Å²) in [6.45, 7) is 9.91. The maximum Gasteiger partial charge on any atom is 0.237 e. The molecule has 0 aliphatic rings. The summed E-state index contributed by atoms with van der Waals surface area (Å²) < 4.78 is 0. The topological polar surface area (TPSA) is 41.1 Å². The molecule has 2 N–H and O–H groups in total. The second kappa shape index (κ2) is 6.01. The molecule has 1 unspecified atom stereocenters. The van der Waals surface area contributed by atoms with E-state index in [-0.39, 0.29) is 23.5 Å². The Morgan fingerprint density at radius 1 is 1.11 bits per heavy atom. The van der Waals surface area contributed by atoms with Crippen molar-refractivity contribution in [2.24, 2.45) is 0 Å². The van der Waals surface area contributed by atoms with Crippen LogP contribution >= 0.6 is 0 Å². The summed E-state index contributed by atoms with van der Waals surface area (Å²) in [6, 6.07) is 10.1. The zero-order valence-electron chi connectivity index (χ0n) is 11.9. The van der Waals surface area contributed by atoms with Crippen molar-refractivity contribution >= 4 is 5.91 Å². The molecule has 0 heterocycles. The number of benzene rings is 1. The lowest BCUT2D eigenvalue weighted by Crippen LogP contribution is -2.49. The van der Waals surface area contributed by atoms with Gasteiger partial charge in [-0.2, -0.15) is 0 Å². The Labute approximate surface area is 110 Å². The fraction of sp³-hybridized carbons (Fsp3) is 0.533. The molecule has 1 aromatic rings. The van der Waals surface area contributed by atoms with Gasteiger partial charge >= 0.3 is 0 Å². The molecule has 0 aliphatic heterocycles. The first-order valence-corrected chi connectivity index (χ1v) is 6.42. The molecule has 1 amide bonds. The summed E-state index contributed by atoms with van der Waals surface area (Å²) in [5, 5.41) is 6.28. The standard InChI is InChI=1S/C15H24N2O/c1-11(13-9-7-6-8-10-13)16-12(2)14(18)17-15(3,4)5/h6-12,16H,1-5H3,(H,17,18)/t11-,12?/m1/s1. The Morgan fingerprint density at radius 2 is 1.67 bits per heavy atom. The van der Waals surface area contributed by atoms with Crippen molar-refractivity contribution in [3.05, 3.63) is 35.9 Å². The lowest BCUT2D eigenvalue weighted by molar-refractivity contribution is -0.124. The van der Waals surface area contributed by atoms with Crippen LogP contribution in [-0.4, -0.2) is 17.5 Å². The van der Waals surface area contributed by atoms with Crippen LogP contribution in [-0.2, 0) is 4.79 Å². The van der Waals surface area contributed by atoms with Crippen molar-refractivity contribution in [3.8, 4) is 0 Å². The van der Waals surface area contributed by atoms with E-state index in [9.17, 15) is 4.79 Å². The second-order valence-electron chi connectivity index (χ2n) is 5.76. The average Bonchev–Trinajstić information content (AvgIpc) is 2.27. The first-order chi connectivity index (χ1) is 8.29. The summed E-state index contributed by atoms with van der Waals surface area (Å²) in [7, 11) is 0. The fourth-order valence-corrected chi connectivity index (χ4v) is 1.77. The molecule has 100 valence electrons. The summed E-state index contributed by atoms with van der Waals surface area (Å²) in [5.74, 6) is 0.0327. The summed E-state index contributed by atoms with van der Waals surface area (Å²) >= 11 is 0. The molecule has 0 fully saturated rings. The number of nitrogens with one attached hydrogen (secondary N) is 2. The Balaban J connectivity index is 2.55.